The van der Waals surface area contributed by atoms with Crippen molar-refractivity contribution in [2.45, 2.75) is 19.0 Å². The lowest BCUT2D eigenvalue weighted by atomic mass is 10.2. The third kappa shape index (κ3) is 3.97. The maximum absolute atomic E-state index is 5.47. The van der Waals surface area contributed by atoms with E-state index in [4.69, 9.17) is 5.84 Å². The van der Waals surface area contributed by atoms with Crippen LogP contribution >= 0.6 is 11.8 Å². The van der Waals surface area contributed by atoms with Crippen molar-refractivity contribution in [3.05, 3.63) is 6.07 Å². The average Bonchev–Trinajstić information content (AvgIpc) is 2.46. The summed E-state index contributed by atoms with van der Waals surface area (Å²) in [6.45, 7) is 9.87. The highest BCUT2D eigenvalue weighted by Crippen LogP contribution is 2.21. The highest BCUT2D eigenvalue weighted by Gasteiger charge is 2.19. The zero-order valence-corrected chi connectivity index (χ0v) is 13.3. The second kappa shape index (κ2) is 7.10. The van der Waals surface area contributed by atoms with Crippen molar-refractivity contribution in [1.29, 1.82) is 0 Å². The van der Waals surface area contributed by atoms with Crippen LogP contribution < -0.4 is 16.2 Å². The standard InChI is InChI=1S/C13H24N6S/c1-10(2)9-18-4-6-19(7-5-18)12-8-11(17-14)15-13(16-12)20-3/h8,10H,4-7,9,14H2,1-3H3,(H,15,16,17). The van der Waals surface area contributed by atoms with Crippen LogP contribution in [-0.4, -0.2) is 53.8 Å². The van der Waals surface area contributed by atoms with Gasteiger partial charge in [0.05, 0.1) is 0 Å². The van der Waals surface area contributed by atoms with Crippen molar-refractivity contribution in [1.82, 2.24) is 14.9 Å². The molecule has 0 atom stereocenters. The molecule has 1 aliphatic rings. The predicted molar refractivity (Wildman–Crippen MR) is 85.1 cm³/mol. The molecule has 2 heterocycles. The van der Waals surface area contributed by atoms with E-state index in [1.165, 1.54) is 18.3 Å². The smallest absolute Gasteiger partial charge is 0.191 e. The molecule has 3 N–H and O–H groups in total. The Morgan fingerprint density at radius 2 is 2.00 bits per heavy atom. The Labute approximate surface area is 125 Å². The Morgan fingerprint density at radius 3 is 2.55 bits per heavy atom. The van der Waals surface area contributed by atoms with E-state index in [1.807, 2.05) is 12.3 Å². The topological polar surface area (TPSA) is 70.3 Å². The first-order valence-electron chi connectivity index (χ1n) is 6.99. The molecule has 0 spiro atoms. The summed E-state index contributed by atoms with van der Waals surface area (Å²) in [5.41, 5.74) is 2.61. The summed E-state index contributed by atoms with van der Waals surface area (Å²) in [6.07, 6.45) is 1.97. The maximum atomic E-state index is 5.47. The fourth-order valence-electron chi connectivity index (χ4n) is 2.42. The van der Waals surface area contributed by atoms with Gasteiger partial charge in [-0.3, -0.25) is 4.90 Å². The zero-order valence-electron chi connectivity index (χ0n) is 12.5. The molecule has 1 aliphatic heterocycles. The largest absolute Gasteiger partial charge is 0.354 e. The number of aromatic nitrogens is 2. The van der Waals surface area contributed by atoms with Crippen LogP contribution in [0.25, 0.3) is 0 Å². The van der Waals surface area contributed by atoms with Gasteiger partial charge in [0, 0.05) is 38.8 Å². The fraction of sp³-hybridized carbons (Fsp3) is 0.692. The molecule has 1 aromatic rings. The Balaban J connectivity index is 2.02. The molecule has 0 unspecified atom stereocenters. The molecule has 0 saturated carbocycles. The molecule has 112 valence electrons. The number of nitrogens with one attached hydrogen (secondary N) is 1. The van der Waals surface area contributed by atoms with Gasteiger partial charge < -0.3 is 10.3 Å². The average molecular weight is 296 g/mol. The first-order valence-corrected chi connectivity index (χ1v) is 8.22. The van der Waals surface area contributed by atoms with Crippen LogP contribution in [0.1, 0.15) is 13.8 Å². The van der Waals surface area contributed by atoms with Gasteiger partial charge in [-0.25, -0.2) is 15.8 Å². The number of hydrazine groups is 1. The van der Waals surface area contributed by atoms with Crippen LogP contribution in [0, 0.1) is 5.92 Å². The monoisotopic (exact) mass is 296 g/mol. The summed E-state index contributed by atoms with van der Waals surface area (Å²) in [4.78, 5) is 13.7. The Bertz CT molecular complexity index is 409. The van der Waals surface area contributed by atoms with Gasteiger partial charge in [-0.1, -0.05) is 25.6 Å². The minimum atomic E-state index is 0.670. The number of nitrogen functional groups attached to an aromatic ring is 1. The van der Waals surface area contributed by atoms with Gasteiger partial charge in [0.15, 0.2) is 5.16 Å². The van der Waals surface area contributed by atoms with Crippen LogP contribution in [-0.2, 0) is 0 Å². The summed E-state index contributed by atoms with van der Waals surface area (Å²) >= 11 is 1.53. The van der Waals surface area contributed by atoms with Gasteiger partial charge in [-0.15, -0.1) is 0 Å². The van der Waals surface area contributed by atoms with Gasteiger partial charge in [-0.2, -0.15) is 0 Å². The van der Waals surface area contributed by atoms with Crippen molar-refractivity contribution >= 4 is 23.4 Å². The van der Waals surface area contributed by atoms with Gasteiger partial charge in [0.2, 0.25) is 0 Å². The molecule has 1 aromatic heterocycles. The number of hydrogen-bond donors (Lipinski definition) is 2. The Morgan fingerprint density at radius 1 is 1.30 bits per heavy atom. The van der Waals surface area contributed by atoms with E-state index in [9.17, 15) is 0 Å². The second-order valence-corrected chi connectivity index (χ2v) is 6.20. The summed E-state index contributed by atoms with van der Waals surface area (Å²) < 4.78 is 0. The number of rotatable bonds is 5. The molecule has 0 radical (unpaired) electrons. The zero-order chi connectivity index (χ0) is 14.5. The minimum absolute atomic E-state index is 0.670. The van der Waals surface area contributed by atoms with Crippen molar-refractivity contribution in [3.63, 3.8) is 0 Å². The van der Waals surface area contributed by atoms with Crippen LogP contribution in [0.2, 0.25) is 0 Å². The summed E-state index contributed by atoms with van der Waals surface area (Å²) in [5, 5.41) is 0.750. The first-order chi connectivity index (χ1) is 9.62. The third-order valence-electron chi connectivity index (χ3n) is 3.34. The molecule has 1 saturated heterocycles. The van der Waals surface area contributed by atoms with Crippen molar-refractivity contribution < 1.29 is 0 Å². The van der Waals surface area contributed by atoms with E-state index in [0.29, 0.717) is 5.82 Å². The van der Waals surface area contributed by atoms with Crippen LogP contribution in [0.5, 0.6) is 0 Å². The quantitative estimate of drug-likeness (QED) is 0.367. The van der Waals surface area contributed by atoms with Crippen LogP contribution in [0.15, 0.2) is 11.2 Å². The van der Waals surface area contributed by atoms with E-state index in [-0.39, 0.29) is 0 Å². The molecular weight excluding hydrogens is 272 g/mol. The lowest BCUT2D eigenvalue weighted by molar-refractivity contribution is 0.231. The molecule has 0 aromatic carbocycles. The van der Waals surface area contributed by atoms with Crippen LogP contribution in [0.4, 0.5) is 11.6 Å². The number of thioether (sulfide) groups is 1. The van der Waals surface area contributed by atoms with E-state index in [1.54, 1.807) is 0 Å². The predicted octanol–water partition coefficient (Wildman–Crippen LogP) is 1.26. The van der Waals surface area contributed by atoms with Crippen molar-refractivity contribution in [2.75, 3.05) is 49.3 Å². The number of hydrogen-bond acceptors (Lipinski definition) is 7. The number of nitrogens with two attached hydrogens (primary N) is 1. The summed E-state index contributed by atoms with van der Waals surface area (Å²) in [6, 6.07) is 1.91. The van der Waals surface area contributed by atoms with E-state index < -0.39 is 0 Å². The van der Waals surface area contributed by atoms with Crippen molar-refractivity contribution in [2.24, 2.45) is 11.8 Å². The number of piperazine rings is 1. The highest BCUT2D eigenvalue weighted by atomic mass is 32.2. The van der Waals surface area contributed by atoms with Crippen LogP contribution in [0.3, 0.4) is 0 Å². The molecule has 1 fully saturated rings. The van der Waals surface area contributed by atoms with Gasteiger partial charge in [0.25, 0.3) is 0 Å². The van der Waals surface area contributed by atoms with E-state index >= 15 is 0 Å². The molecule has 2 rings (SSSR count). The maximum Gasteiger partial charge on any atom is 0.191 e. The highest BCUT2D eigenvalue weighted by molar-refractivity contribution is 7.98. The fourth-order valence-corrected chi connectivity index (χ4v) is 2.79. The SMILES string of the molecule is CSc1nc(NN)cc(N2CCN(CC(C)C)CC2)n1. The normalized spacial score (nSPS) is 16.8. The van der Waals surface area contributed by atoms with Gasteiger partial charge >= 0.3 is 0 Å². The third-order valence-corrected chi connectivity index (χ3v) is 3.89. The number of anilines is 2. The summed E-state index contributed by atoms with van der Waals surface area (Å²) in [7, 11) is 0. The van der Waals surface area contributed by atoms with Crippen molar-refractivity contribution in [3.8, 4) is 0 Å². The Hall–Kier alpha value is -1.05. The summed E-state index contributed by atoms with van der Waals surface area (Å²) in [5.74, 6) is 7.82. The van der Waals surface area contributed by atoms with Gasteiger partial charge in [-0.05, 0) is 12.2 Å². The lowest BCUT2D eigenvalue weighted by Crippen LogP contribution is -2.47. The van der Waals surface area contributed by atoms with Gasteiger partial charge in [0.1, 0.15) is 11.6 Å². The lowest BCUT2D eigenvalue weighted by Gasteiger charge is -2.36. The molecular formula is C13H24N6S. The van der Waals surface area contributed by atoms with E-state index in [0.717, 1.165) is 43.1 Å². The molecule has 0 bridgehead atoms. The molecule has 6 nitrogen and oxygen atoms in total. The molecule has 0 aliphatic carbocycles. The number of nitrogens with zero attached hydrogens (tertiary/aromatic N) is 4. The first kappa shape index (κ1) is 15.3. The molecule has 0 amide bonds. The molecule has 7 heteroatoms. The van der Waals surface area contributed by atoms with E-state index in [2.05, 4.69) is 39.0 Å². The molecule has 20 heavy (non-hydrogen) atoms. The second-order valence-electron chi connectivity index (χ2n) is 5.42. The Kier molecular flexibility index (Phi) is 5.45. The minimum Gasteiger partial charge on any atom is -0.354 e.